The summed E-state index contributed by atoms with van der Waals surface area (Å²) in [5.74, 6) is 2.17. The van der Waals surface area contributed by atoms with Crippen LogP contribution in [0.4, 0.5) is 0 Å². The van der Waals surface area contributed by atoms with Crippen molar-refractivity contribution in [3.8, 4) is 11.6 Å². The molecule has 0 fully saturated rings. The van der Waals surface area contributed by atoms with Crippen LogP contribution in [0.1, 0.15) is 36.6 Å². The lowest BCUT2D eigenvalue weighted by Gasteiger charge is -2.09. The van der Waals surface area contributed by atoms with Crippen LogP contribution in [0.5, 0.6) is 11.6 Å². The Hall–Kier alpha value is -1.29. The molecular weight excluding hydrogens is 304 g/mol. The van der Waals surface area contributed by atoms with Crippen LogP contribution in [0.2, 0.25) is 0 Å². The van der Waals surface area contributed by atoms with Gasteiger partial charge in [-0.25, -0.2) is 4.68 Å². The van der Waals surface area contributed by atoms with Gasteiger partial charge in [0.2, 0.25) is 5.88 Å². The summed E-state index contributed by atoms with van der Waals surface area (Å²) >= 11 is 3.48. The number of nitrogens with zero attached hydrogens (tertiary/aromatic N) is 2. The number of halogens is 1. The molecule has 0 aliphatic rings. The normalized spacial score (nSPS) is 11.1. The Morgan fingerprint density at radius 3 is 2.42 bits per heavy atom. The van der Waals surface area contributed by atoms with Crippen LogP contribution in [0.25, 0.3) is 0 Å². The molecule has 0 aliphatic heterocycles. The van der Waals surface area contributed by atoms with Gasteiger partial charge >= 0.3 is 0 Å². The van der Waals surface area contributed by atoms with Crippen molar-refractivity contribution in [1.82, 2.24) is 9.78 Å². The number of hydrogen-bond acceptors (Lipinski definition) is 2. The van der Waals surface area contributed by atoms with Crippen LogP contribution in [0, 0.1) is 6.92 Å². The average Bonchev–Trinajstić information content (AvgIpc) is 2.64. The molecule has 0 saturated carbocycles. The van der Waals surface area contributed by atoms with E-state index < -0.39 is 0 Å². The van der Waals surface area contributed by atoms with E-state index in [0.29, 0.717) is 5.92 Å². The Morgan fingerprint density at radius 1 is 1.26 bits per heavy atom. The van der Waals surface area contributed by atoms with E-state index in [9.17, 15) is 0 Å². The van der Waals surface area contributed by atoms with Crippen molar-refractivity contribution in [2.75, 3.05) is 0 Å². The monoisotopic (exact) mass is 322 g/mol. The molecule has 2 rings (SSSR count). The van der Waals surface area contributed by atoms with Crippen molar-refractivity contribution in [2.45, 2.75) is 32.0 Å². The average molecular weight is 323 g/mol. The van der Waals surface area contributed by atoms with E-state index in [4.69, 9.17) is 4.74 Å². The number of rotatable bonds is 4. The Bertz CT molecular complexity index is 558. The van der Waals surface area contributed by atoms with E-state index in [0.717, 1.165) is 28.2 Å². The maximum absolute atomic E-state index is 5.96. The highest BCUT2D eigenvalue weighted by molar-refractivity contribution is 9.08. The van der Waals surface area contributed by atoms with Gasteiger partial charge in [-0.15, -0.1) is 0 Å². The Kier molecular flexibility index (Phi) is 4.30. The molecule has 0 unspecified atom stereocenters. The third-order valence-corrected chi connectivity index (χ3v) is 3.74. The summed E-state index contributed by atoms with van der Waals surface area (Å²) in [5.41, 5.74) is 3.40. The quantitative estimate of drug-likeness (QED) is 0.773. The fourth-order valence-electron chi connectivity index (χ4n) is 1.99. The molecule has 2 aromatic rings. The molecule has 0 saturated heterocycles. The lowest BCUT2D eigenvalue weighted by molar-refractivity contribution is 0.427. The highest BCUT2D eigenvalue weighted by Gasteiger charge is 2.14. The van der Waals surface area contributed by atoms with E-state index in [1.54, 1.807) is 4.68 Å². The van der Waals surface area contributed by atoms with Crippen LogP contribution in [0.15, 0.2) is 24.3 Å². The van der Waals surface area contributed by atoms with Gasteiger partial charge < -0.3 is 4.74 Å². The summed E-state index contributed by atoms with van der Waals surface area (Å²) in [6, 6.07) is 8.24. The molecule has 19 heavy (non-hydrogen) atoms. The van der Waals surface area contributed by atoms with Crippen LogP contribution in [-0.4, -0.2) is 9.78 Å². The smallest absolute Gasteiger partial charge is 0.221 e. The van der Waals surface area contributed by atoms with Gasteiger partial charge in [0, 0.05) is 17.9 Å². The number of benzene rings is 1. The van der Waals surface area contributed by atoms with E-state index in [1.165, 1.54) is 5.56 Å². The van der Waals surface area contributed by atoms with Crippen LogP contribution in [0.3, 0.4) is 0 Å². The third kappa shape index (κ3) is 3.00. The molecule has 1 aromatic carbocycles. The predicted octanol–water partition coefficient (Wildman–Crippen LogP) is 4.54. The van der Waals surface area contributed by atoms with Crippen molar-refractivity contribution in [1.29, 1.82) is 0 Å². The Morgan fingerprint density at radius 2 is 1.89 bits per heavy atom. The maximum Gasteiger partial charge on any atom is 0.221 e. The van der Waals surface area contributed by atoms with E-state index in [2.05, 4.69) is 47.0 Å². The van der Waals surface area contributed by atoms with Gasteiger partial charge in [0.15, 0.2) is 0 Å². The fourth-order valence-corrected chi connectivity index (χ4v) is 2.64. The first kappa shape index (κ1) is 14.1. The molecule has 0 aliphatic carbocycles. The van der Waals surface area contributed by atoms with E-state index in [-0.39, 0.29) is 0 Å². The van der Waals surface area contributed by atoms with Crippen LogP contribution in [-0.2, 0) is 12.4 Å². The zero-order chi connectivity index (χ0) is 14.0. The Labute approximate surface area is 122 Å². The zero-order valence-corrected chi connectivity index (χ0v) is 13.4. The molecule has 0 amide bonds. The van der Waals surface area contributed by atoms with Crippen molar-refractivity contribution in [2.24, 2.45) is 7.05 Å². The number of aryl methyl sites for hydroxylation is 2. The first-order valence-electron chi connectivity index (χ1n) is 6.39. The van der Waals surface area contributed by atoms with Gasteiger partial charge in [-0.2, -0.15) is 5.10 Å². The lowest BCUT2D eigenvalue weighted by atomic mass is 10.0. The second-order valence-electron chi connectivity index (χ2n) is 4.95. The summed E-state index contributed by atoms with van der Waals surface area (Å²) in [7, 11) is 1.90. The maximum atomic E-state index is 5.96. The first-order chi connectivity index (χ1) is 9.02. The minimum absolute atomic E-state index is 0.533. The van der Waals surface area contributed by atoms with Crippen molar-refractivity contribution >= 4 is 15.9 Å². The number of hydrogen-bond donors (Lipinski definition) is 0. The summed E-state index contributed by atoms with van der Waals surface area (Å²) < 4.78 is 7.74. The van der Waals surface area contributed by atoms with Crippen molar-refractivity contribution in [3.05, 3.63) is 41.1 Å². The highest BCUT2D eigenvalue weighted by atomic mass is 79.9. The Balaban J connectivity index is 2.26. The molecule has 1 heterocycles. The number of aromatic nitrogens is 2. The number of ether oxygens (including phenoxy) is 1. The van der Waals surface area contributed by atoms with Crippen molar-refractivity contribution < 1.29 is 4.74 Å². The van der Waals surface area contributed by atoms with Gasteiger partial charge in [-0.3, -0.25) is 0 Å². The lowest BCUT2D eigenvalue weighted by Crippen LogP contribution is -1.96. The van der Waals surface area contributed by atoms with E-state index >= 15 is 0 Å². The van der Waals surface area contributed by atoms with Gasteiger partial charge in [-0.1, -0.05) is 41.9 Å². The SMILES string of the molecule is Cc1nn(C)c(Oc2ccc(C(C)C)cc2)c1CBr. The van der Waals surface area contributed by atoms with Crippen LogP contribution >= 0.6 is 15.9 Å². The second kappa shape index (κ2) is 5.78. The predicted molar refractivity (Wildman–Crippen MR) is 81.2 cm³/mol. The fraction of sp³-hybridized carbons (Fsp3) is 0.400. The molecule has 0 spiro atoms. The highest BCUT2D eigenvalue weighted by Crippen LogP contribution is 2.29. The molecular formula is C15H19BrN2O. The van der Waals surface area contributed by atoms with Gasteiger partial charge in [0.05, 0.1) is 5.69 Å². The summed E-state index contributed by atoms with van der Waals surface area (Å²) in [6.45, 7) is 6.36. The third-order valence-electron chi connectivity index (χ3n) is 3.18. The molecule has 102 valence electrons. The van der Waals surface area contributed by atoms with Crippen LogP contribution < -0.4 is 4.74 Å². The largest absolute Gasteiger partial charge is 0.439 e. The second-order valence-corrected chi connectivity index (χ2v) is 5.51. The van der Waals surface area contributed by atoms with Gasteiger partial charge in [-0.05, 0) is 30.5 Å². The van der Waals surface area contributed by atoms with Gasteiger partial charge in [0.1, 0.15) is 5.75 Å². The topological polar surface area (TPSA) is 27.1 Å². The van der Waals surface area contributed by atoms with Crippen molar-refractivity contribution in [3.63, 3.8) is 0 Å². The van der Waals surface area contributed by atoms with Gasteiger partial charge in [0.25, 0.3) is 0 Å². The summed E-state index contributed by atoms with van der Waals surface area (Å²) in [5, 5.41) is 5.13. The molecule has 3 nitrogen and oxygen atoms in total. The summed E-state index contributed by atoms with van der Waals surface area (Å²) in [4.78, 5) is 0. The standard InChI is InChI=1S/C15H19BrN2O/c1-10(2)12-5-7-13(8-6-12)19-15-14(9-16)11(3)17-18(15)4/h5-8,10H,9H2,1-4H3. The van der Waals surface area contributed by atoms with E-state index in [1.807, 2.05) is 26.1 Å². The molecule has 0 radical (unpaired) electrons. The molecule has 0 N–H and O–H groups in total. The zero-order valence-electron chi connectivity index (χ0n) is 11.8. The minimum Gasteiger partial charge on any atom is -0.439 e. The molecule has 0 bridgehead atoms. The summed E-state index contributed by atoms with van der Waals surface area (Å²) in [6.07, 6.45) is 0. The molecule has 1 aromatic heterocycles. The molecule has 4 heteroatoms. The first-order valence-corrected chi connectivity index (χ1v) is 7.51. The molecule has 0 atom stereocenters. The minimum atomic E-state index is 0.533. The number of alkyl halides is 1.